The number of hydrogen-bond donors (Lipinski definition) is 2. The van der Waals surface area contributed by atoms with Crippen molar-refractivity contribution in [2.24, 2.45) is 0 Å². The minimum atomic E-state index is -0.556. The number of benzene rings is 3. The van der Waals surface area contributed by atoms with Crippen LogP contribution in [0.3, 0.4) is 0 Å². The van der Waals surface area contributed by atoms with E-state index in [1.54, 1.807) is 0 Å². The van der Waals surface area contributed by atoms with Gasteiger partial charge in [-0.25, -0.2) is 0 Å². The largest absolute Gasteiger partial charge is 0.355 e. The molecule has 2 heterocycles. The van der Waals surface area contributed by atoms with Crippen LogP contribution in [-0.4, -0.2) is 11.1 Å². The quantitative estimate of drug-likeness (QED) is 0.435. The standard InChI is InChI=1S/C25H18N4O2S/c1-15-7-9-16(10-8-15)22-19-13-17(11-12-21(19)28-31-22)23-27-24(30)20(14-26)25(32)29(23)18-5-3-2-4-6-18/h2-13,23,32H,1H3,(H,27,30). The fourth-order valence-electron chi connectivity index (χ4n) is 3.84. The molecule has 4 aromatic rings. The molecule has 1 N–H and O–H groups in total. The minimum Gasteiger partial charge on any atom is -0.355 e. The summed E-state index contributed by atoms with van der Waals surface area (Å²) in [7, 11) is 0. The number of thiol groups is 1. The van der Waals surface area contributed by atoms with Crippen molar-refractivity contribution in [1.82, 2.24) is 10.5 Å². The van der Waals surface area contributed by atoms with Gasteiger partial charge in [0.1, 0.15) is 23.3 Å². The van der Waals surface area contributed by atoms with Gasteiger partial charge in [0.25, 0.3) is 5.91 Å². The van der Waals surface area contributed by atoms with Gasteiger partial charge in [-0.3, -0.25) is 4.79 Å². The number of nitrogens with one attached hydrogen (secondary N) is 1. The van der Waals surface area contributed by atoms with Crippen LogP contribution in [0.15, 0.2) is 87.9 Å². The Morgan fingerprint density at radius 2 is 1.84 bits per heavy atom. The first-order valence-corrected chi connectivity index (χ1v) is 10.5. The normalized spacial score (nSPS) is 16.2. The van der Waals surface area contributed by atoms with E-state index in [2.05, 4.69) is 23.1 Å². The van der Waals surface area contributed by atoms with Crippen LogP contribution in [0.25, 0.3) is 22.2 Å². The molecule has 0 spiro atoms. The smallest absolute Gasteiger partial charge is 0.266 e. The molecular weight excluding hydrogens is 420 g/mol. The second kappa shape index (κ2) is 7.91. The first-order valence-electron chi connectivity index (χ1n) is 10.0. The van der Waals surface area contributed by atoms with E-state index in [-0.39, 0.29) is 5.57 Å². The number of fused-ring (bicyclic) bond motifs is 1. The van der Waals surface area contributed by atoms with Crippen molar-refractivity contribution in [3.63, 3.8) is 0 Å². The molecule has 1 atom stereocenters. The predicted octanol–water partition coefficient (Wildman–Crippen LogP) is 5.10. The Kier molecular flexibility index (Phi) is 4.92. The van der Waals surface area contributed by atoms with E-state index in [9.17, 15) is 10.1 Å². The summed E-state index contributed by atoms with van der Waals surface area (Å²) in [5.41, 5.74) is 4.39. The molecule has 0 radical (unpaired) electrons. The lowest BCUT2D eigenvalue weighted by Crippen LogP contribution is -2.46. The number of para-hydroxylation sites is 1. The predicted molar refractivity (Wildman–Crippen MR) is 126 cm³/mol. The third kappa shape index (κ3) is 3.31. The number of amides is 1. The summed E-state index contributed by atoms with van der Waals surface area (Å²) in [6.07, 6.45) is -0.556. The zero-order valence-corrected chi connectivity index (χ0v) is 18.0. The van der Waals surface area contributed by atoms with Gasteiger partial charge < -0.3 is 14.7 Å². The summed E-state index contributed by atoms with van der Waals surface area (Å²) >= 11 is 4.55. The van der Waals surface area contributed by atoms with Gasteiger partial charge in [0.2, 0.25) is 0 Å². The summed E-state index contributed by atoms with van der Waals surface area (Å²) < 4.78 is 5.65. The highest BCUT2D eigenvalue weighted by molar-refractivity contribution is 7.84. The lowest BCUT2D eigenvalue weighted by molar-refractivity contribution is -0.118. The van der Waals surface area contributed by atoms with E-state index < -0.39 is 12.1 Å². The van der Waals surface area contributed by atoms with Crippen LogP contribution in [0.2, 0.25) is 0 Å². The molecule has 1 unspecified atom stereocenters. The number of carbonyl (C=O) groups excluding carboxylic acids is 1. The Hall–Kier alpha value is -4.02. The number of nitrogens with zero attached hydrogens (tertiary/aromatic N) is 3. The highest BCUT2D eigenvalue weighted by Crippen LogP contribution is 2.37. The number of aromatic nitrogens is 1. The highest BCUT2D eigenvalue weighted by Gasteiger charge is 2.34. The topological polar surface area (TPSA) is 82.2 Å². The maximum Gasteiger partial charge on any atom is 0.266 e. The number of carbonyl (C=O) groups is 1. The first-order chi connectivity index (χ1) is 15.6. The Bertz CT molecular complexity index is 1400. The van der Waals surface area contributed by atoms with Gasteiger partial charge in [-0.15, -0.1) is 12.6 Å². The summed E-state index contributed by atoms with van der Waals surface area (Å²) in [6.45, 7) is 2.03. The number of aryl methyl sites for hydroxylation is 1. The molecule has 0 fully saturated rings. The Morgan fingerprint density at radius 1 is 1.09 bits per heavy atom. The molecule has 6 nitrogen and oxygen atoms in total. The lowest BCUT2D eigenvalue weighted by atomic mass is 10.0. The van der Waals surface area contributed by atoms with Gasteiger partial charge in [-0.05, 0) is 36.8 Å². The van der Waals surface area contributed by atoms with Gasteiger partial charge in [0, 0.05) is 11.3 Å². The lowest BCUT2D eigenvalue weighted by Gasteiger charge is -2.38. The van der Waals surface area contributed by atoms with Gasteiger partial charge in [-0.2, -0.15) is 5.26 Å². The molecule has 1 aliphatic rings. The number of rotatable bonds is 3. The summed E-state index contributed by atoms with van der Waals surface area (Å²) in [5, 5.41) is 17.8. The fourth-order valence-corrected chi connectivity index (χ4v) is 4.22. The molecule has 0 bridgehead atoms. The van der Waals surface area contributed by atoms with Gasteiger partial charge in [0.05, 0.1) is 10.4 Å². The number of anilines is 1. The molecule has 1 aromatic heterocycles. The maximum atomic E-state index is 12.6. The molecule has 1 amide bonds. The van der Waals surface area contributed by atoms with Crippen molar-refractivity contribution in [2.75, 3.05) is 4.90 Å². The number of hydrogen-bond acceptors (Lipinski definition) is 6. The third-order valence-corrected chi connectivity index (χ3v) is 5.92. The second-order valence-corrected chi connectivity index (χ2v) is 7.97. The molecule has 3 aromatic carbocycles. The average molecular weight is 439 g/mol. The monoisotopic (exact) mass is 438 g/mol. The summed E-state index contributed by atoms with van der Waals surface area (Å²) in [5.74, 6) is 0.202. The van der Waals surface area contributed by atoms with Gasteiger partial charge in [0.15, 0.2) is 5.76 Å². The van der Waals surface area contributed by atoms with Gasteiger partial charge >= 0.3 is 0 Å². The van der Waals surface area contributed by atoms with Crippen molar-refractivity contribution in [3.05, 3.63) is 94.5 Å². The molecular formula is C25H18N4O2S. The van der Waals surface area contributed by atoms with E-state index >= 15 is 0 Å². The van der Waals surface area contributed by atoms with E-state index in [0.29, 0.717) is 10.8 Å². The van der Waals surface area contributed by atoms with Crippen LogP contribution < -0.4 is 10.2 Å². The summed E-state index contributed by atoms with van der Waals surface area (Å²) in [6, 6.07) is 25.2. The van der Waals surface area contributed by atoms with Crippen molar-refractivity contribution in [3.8, 4) is 17.4 Å². The van der Waals surface area contributed by atoms with Crippen LogP contribution >= 0.6 is 12.6 Å². The van der Waals surface area contributed by atoms with Crippen LogP contribution in [0.4, 0.5) is 5.69 Å². The molecule has 7 heteroatoms. The first kappa shape index (κ1) is 19.9. The zero-order valence-electron chi connectivity index (χ0n) is 17.1. The Balaban J connectivity index is 1.65. The fraction of sp³-hybridized carbons (Fsp3) is 0.0800. The average Bonchev–Trinajstić information content (AvgIpc) is 3.23. The number of nitriles is 1. The molecule has 0 saturated heterocycles. The minimum absolute atomic E-state index is 0.0279. The molecule has 0 aliphatic carbocycles. The van der Waals surface area contributed by atoms with E-state index in [1.807, 2.05) is 90.7 Å². The van der Waals surface area contributed by atoms with E-state index in [4.69, 9.17) is 4.52 Å². The SMILES string of the molecule is Cc1ccc(-c2onc3ccc(C4NC(=O)C(C#N)=C(S)N4c4ccccc4)cc23)cc1. The molecule has 32 heavy (non-hydrogen) atoms. The van der Waals surface area contributed by atoms with Crippen molar-refractivity contribution < 1.29 is 9.32 Å². The van der Waals surface area contributed by atoms with Crippen LogP contribution in [0.1, 0.15) is 17.3 Å². The zero-order chi connectivity index (χ0) is 22.2. The maximum absolute atomic E-state index is 12.6. The molecule has 156 valence electrons. The Morgan fingerprint density at radius 3 is 2.56 bits per heavy atom. The summed E-state index contributed by atoms with van der Waals surface area (Å²) in [4.78, 5) is 14.5. The third-order valence-electron chi connectivity index (χ3n) is 5.48. The van der Waals surface area contributed by atoms with Crippen molar-refractivity contribution >= 4 is 35.1 Å². The van der Waals surface area contributed by atoms with E-state index in [1.165, 1.54) is 0 Å². The van der Waals surface area contributed by atoms with Crippen LogP contribution in [0, 0.1) is 18.3 Å². The van der Waals surface area contributed by atoms with Crippen LogP contribution in [0.5, 0.6) is 0 Å². The van der Waals surface area contributed by atoms with Crippen molar-refractivity contribution in [1.29, 1.82) is 5.26 Å². The second-order valence-electron chi connectivity index (χ2n) is 7.55. The molecule has 1 aliphatic heterocycles. The van der Waals surface area contributed by atoms with Crippen LogP contribution in [-0.2, 0) is 4.79 Å². The highest BCUT2D eigenvalue weighted by atomic mass is 32.1. The molecule has 5 rings (SSSR count). The molecule has 0 saturated carbocycles. The Labute approximate surface area is 190 Å². The van der Waals surface area contributed by atoms with E-state index in [0.717, 1.165) is 33.3 Å². The van der Waals surface area contributed by atoms with Crippen molar-refractivity contribution in [2.45, 2.75) is 13.1 Å². The van der Waals surface area contributed by atoms with Gasteiger partial charge in [-0.1, -0.05) is 59.3 Å².